The number of benzene rings is 3. The van der Waals surface area contributed by atoms with Gasteiger partial charge in [-0.15, -0.1) is 11.8 Å². The molecular weight excluding hydrogens is 374 g/mol. The maximum absolute atomic E-state index is 12.4. The predicted molar refractivity (Wildman–Crippen MR) is 116 cm³/mol. The lowest BCUT2D eigenvalue weighted by atomic mass is 10.1. The molecule has 0 atom stereocenters. The number of rotatable bonds is 7. The molecule has 3 nitrogen and oxygen atoms in total. The predicted octanol–water partition coefficient (Wildman–Crippen LogP) is 6.69. The van der Waals surface area contributed by atoms with Crippen LogP contribution in [0.4, 0.5) is 5.69 Å². The molecule has 0 fully saturated rings. The lowest BCUT2D eigenvalue weighted by Gasteiger charge is -2.07. The zero-order valence-corrected chi connectivity index (χ0v) is 16.6. The minimum Gasteiger partial charge on any atom is -0.423 e. The van der Waals surface area contributed by atoms with Gasteiger partial charge in [-0.1, -0.05) is 25.5 Å². The molecule has 0 heterocycles. The molecular formula is C22H19NO2S2. The molecule has 0 N–H and O–H groups in total. The number of thioether (sulfide) groups is 1. The van der Waals surface area contributed by atoms with Crippen LogP contribution in [0.15, 0.2) is 70.6 Å². The highest BCUT2D eigenvalue weighted by Crippen LogP contribution is 2.26. The molecule has 0 radical (unpaired) electrons. The van der Waals surface area contributed by atoms with Crippen molar-refractivity contribution in [3.05, 3.63) is 66.2 Å². The van der Waals surface area contributed by atoms with E-state index in [1.165, 1.54) is 17.7 Å². The van der Waals surface area contributed by atoms with E-state index in [0.717, 1.165) is 16.5 Å². The van der Waals surface area contributed by atoms with E-state index >= 15 is 0 Å². The summed E-state index contributed by atoms with van der Waals surface area (Å²) in [5.74, 6) is 1.21. The maximum Gasteiger partial charge on any atom is 0.343 e. The highest BCUT2D eigenvalue weighted by atomic mass is 32.2. The lowest BCUT2D eigenvalue weighted by molar-refractivity contribution is 0.0735. The van der Waals surface area contributed by atoms with Gasteiger partial charge in [-0.05, 0) is 83.7 Å². The van der Waals surface area contributed by atoms with E-state index in [4.69, 9.17) is 4.74 Å². The Morgan fingerprint density at radius 2 is 1.81 bits per heavy atom. The second kappa shape index (κ2) is 9.47. The summed E-state index contributed by atoms with van der Waals surface area (Å²) in [6, 6.07) is 18.8. The maximum atomic E-state index is 12.4. The molecule has 0 aliphatic carbocycles. The molecule has 0 saturated heterocycles. The van der Waals surface area contributed by atoms with Gasteiger partial charge >= 0.3 is 5.97 Å². The van der Waals surface area contributed by atoms with E-state index in [2.05, 4.69) is 47.5 Å². The first-order valence-corrected chi connectivity index (χ1v) is 10.2. The number of fused-ring (bicyclic) bond motifs is 1. The Balaban J connectivity index is 1.72. The van der Waals surface area contributed by atoms with Gasteiger partial charge in [0.1, 0.15) is 5.75 Å². The summed E-state index contributed by atoms with van der Waals surface area (Å²) in [6.07, 6.45) is 2.42. The molecule has 0 aliphatic heterocycles. The van der Waals surface area contributed by atoms with Gasteiger partial charge in [-0.3, -0.25) is 0 Å². The van der Waals surface area contributed by atoms with Crippen LogP contribution in [0, 0.1) is 0 Å². The molecule has 0 aromatic heterocycles. The Bertz CT molecular complexity index is 993. The fourth-order valence-corrected chi connectivity index (χ4v) is 3.73. The first-order valence-electron chi connectivity index (χ1n) is 8.76. The number of carbonyl (C=O) groups excluding carboxylic acids is 1. The molecule has 0 aliphatic rings. The Morgan fingerprint density at radius 1 is 1.07 bits per heavy atom. The van der Waals surface area contributed by atoms with Crippen molar-refractivity contribution < 1.29 is 9.53 Å². The number of ether oxygens (including phenoxy) is 1. The number of unbranched alkanes of at least 4 members (excludes halogenated alkanes) is 1. The minimum absolute atomic E-state index is 0.385. The van der Waals surface area contributed by atoms with Crippen molar-refractivity contribution in [1.29, 1.82) is 0 Å². The van der Waals surface area contributed by atoms with Crippen LogP contribution in [0.1, 0.15) is 30.1 Å². The van der Waals surface area contributed by atoms with Crippen LogP contribution in [0.5, 0.6) is 5.75 Å². The number of esters is 1. The number of hydrogen-bond acceptors (Lipinski definition) is 5. The van der Waals surface area contributed by atoms with Crippen molar-refractivity contribution in [3.63, 3.8) is 0 Å². The second-order valence-corrected chi connectivity index (χ2v) is 7.36. The number of hydrogen-bond donors (Lipinski definition) is 0. The summed E-state index contributed by atoms with van der Waals surface area (Å²) in [6.45, 7) is 2.20. The summed E-state index contributed by atoms with van der Waals surface area (Å²) in [5.41, 5.74) is 1.19. The first kappa shape index (κ1) is 19.3. The smallest absolute Gasteiger partial charge is 0.343 e. The minimum atomic E-state index is -0.385. The number of nitrogens with zero attached hydrogens (tertiary/aromatic N) is 1. The van der Waals surface area contributed by atoms with E-state index in [0.29, 0.717) is 17.0 Å². The van der Waals surface area contributed by atoms with Crippen molar-refractivity contribution in [3.8, 4) is 5.75 Å². The Kier molecular flexibility index (Phi) is 6.77. The number of carbonyl (C=O) groups is 1. The van der Waals surface area contributed by atoms with Gasteiger partial charge in [0.05, 0.1) is 16.4 Å². The molecule has 3 aromatic carbocycles. The third kappa shape index (κ3) is 5.27. The molecule has 0 saturated carbocycles. The summed E-state index contributed by atoms with van der Waals surface area (Å²) < 4.78 is 5.44. The van der Waals surface area contributed by atoms with Gasteiger partial charge in [0.15, 0.2) is 0 Å². The number of aliphatic imine (C=N–C) groups is 1. The van der Waals surface area contributed by atoms with Crippen LogP contribution in [-0.2, 0) is 0 Å². The standard InChI is InChI=1S/C22H19NO2S2/c1-2-3-12-27-21-11-6-16-13-18(5-4-17(16)14-21)22(24)25-20-9-7-19(8-10-20)23-15-26/h4-11,13-14H,2-3,12H2,1H3. The fraction of sp³-hybridized carbons (Fsp3) is 0.182. The monoisotopic (exact) mass is 393 g/mol. The lowest BCUT2D eigenvalue weighted by Crippen LogP contribution is -2.08. The van der Waals surface area contributed by atoms with Gasteiger partial charge in [0, 0.05) is 4.90 Å². The SMILES string of the molecule is CCCCSc1ccc2cc(C(=O)Oc3ccc(N=C=S)cc3)ccc2c1. The Morgan fingerprint density at radius 3 is 2.56 bits per heavy atom. The molecule has 0 unspecified atom stereocenters. The number of isothiocyanates is 1. The summed E-state index contributed by atoms with van der Waals surface area (Å²) in [5, 5.41) is 4.45. The van der Waals surface area contributed by atoms with Crippen LogP contribution in [0.25, 0.3) is 10.8 Å². The van der Waals surface area contributed by atoms with Crippen LogP contribution < -0.4 is 4.74 Å². The van der Waals surface area contributed by atoms with E-state index in [1.54, 1.807) is 30.3 Å². The van der Waals surface area contributed by atoms with Gasteiger partial charge in [-0.2, -0.15) is 4.99 Å². The zero-order valence-electron chi connectivity index (χ0n) is 15.0. The summed E-state index contributed by atoms with van der Waals surface area (Å²) >= 11 is 6.44. The summed E-state index contributed by atoms with van der Waals surface area (Å²) in [7, 11) is 0. The van der Waals surface area contributed by atoms with Crippen molar-refractivity contribution in [2.45, 2.75) is 24.7 Å². The Hall–Kier alpha value is -2.46. The van der Waals surface area contributed by atoms with E-state index in [9.17, 15) is 4.79 Å². The molecule has 0 amide bonds. The molecule has 136 valence electrons. The van der Waals surface area contributed by atoms with Crippen molar-refractivity contribution in [2.75, 3.05) is 5.75 Å². The van der Waals surface area contributed by atoms with Gasteiger partial charge < -0.3 is 4.74 Å². The molecule has 0 spiro atoms. The van der Waals surface area contributed by atoms with Gasteiger partial charge in [0.25, 0.3) is 0 Å². The van der Waals surface area contributed by atoms with Crippen molar-refractivity contribution >= 4 is 51.6 Å². The Labute approximate surface area is 168 Å². The van der Waals surface area contributed by atoms with Crippen molar-refractivity contribution in [2.24, 2.45) is 4.99 Å². The van der Waals surface area contributed by atoms with Crippen molar-refractivity contribution in [1.82, 2.24) is 0 Å². The van der Waals surface area contributed by atoms with E-state index < -0.39 is 0 Å². The molecule has 5 heteroatoms. The van der Waals surface area contributed by atoms with Crippen LogP contribution in [0.2, 0.25) is 0 Å². The molecule has 3 aromatic rings. The topological polar surface area (TPSA) is 38.7 Å². The number of thiocarbonyl (C=S) groups is 1. The largest absolute Gasteiger partial charge is 0.423 e. The average molecular weight is 394 g/mol. The van der Waals surface area contributed by atoms with Gasteiger partial charge in [0.2, 0.25) is 0 Å². The van der Waals surface area contributed by atoms with Crippen LogP contribution in [-0.4, -0.2) is 16.9 Å². The highest BCUT2D eigenvalue weighted by Gasteiger charge is 2.10. The highest BCUT2D eigenvalue weighted by molar-refractivity contribution is 7.99. The van der Waals surface area contributed by atoms with Crippen LogP contribution >= 0.6 is 24.0 Å². The molecule has 3 rings (SSSR count). The molecule has 0 bridgehead atoms. The zero-order chi connectivity index (χ0) is 19.1. The third-order valence-electron chi connectivity index (χ3n) is 4.04. The van der Waals surface area contributed by atoms with E-state index in [-0.39, 0.29) is 5.97 Å². The third-order valence-corrected chi connectivity index (χ3v) is 5.21. The van der Waals surface area contributed by atoms with Crippen LogP contribution in [0.3, 0.4) is 0 Å². The quantitative estimate of drug-likeness (QED) is 0.112. The normalized spacial score (nSPS) is 10.4. The first-order chi connectivity index (χ1) is 13.2. The molecule has 27 heavy (non-hydrogen) atoms. The van der Waals surface area contributed by atoms with Gasteiger partial charge in [-0.25, -0.2) is 4.79 Å². The second-order valence-electron chi connectivity index (χ2n) is 6.01. The van der Waals surface area contributed by atoms with E-state index in [1.807, 2.05) is 23.9 Å². The summed E-state index contributed by atoms with van der Waals surface area (Å²) in [4.78, 5) is 17.6. The fourth-order valence-electron chi connectivity index (χ4n) is 2.58. The average Bonchev–Trinajstić information content (AvgIpc) is 2.69.